The first-order chi connectivity index (χ1) is 11.0. The van der Waals surface area contributed by atoms with Gasteiger partial charge in [0.2, 0.25) is 17.6 Å². The molecule has 2 heterocycles. The van der Waals surface area contributed by atoms with Gasteiger partial charge in [0, 0.05) is 23.8 Å². The molecular weight excluding hydrogens is 318 g/mol. The highest BCUT2D eigenvalue weighted by molar-refractivity contribution is 7.08. The van der Waals surface area contributed by atoms with Crippen LogP contribution in [0.5, 0.6) is 0 Å². The fourth-order valence-electron chi connectivity index (χ4n) is 2.05. The van der Waals surface area contributed by atoms with Gasteiger partial charge in [-0.25, -0.2) is 4.79 Å². The maximum absolute atomic E-state index is 11.9. The summed E-state index contributed by atoms with van der Waals surface area (Å²) in [4.78, 5) is 27.2. The molecule has 1 atom stereocenters. The van der Waals surface area contributed by atoms with E-state index in [0.29, 0.717) is 18.1 Å². The molecule has 0 spiro atoms. The Kier molecular flexibility index (Phi) is 5.86. The largest absolute Gasteiger partial charge is 0.480 e. The van der Waals surface area contributed by atoms with Gasteiger partial charge in [0.25, 0.3) is 0 Å². The second kappa shape index (κ2) is 7.87. The van der Waals surface area contributed by atoms with Crippen LogP contribution in [-0.4, -0.2) is 33.2 Å². The number of thiophene rings is 1. The van der Waals surface area contributed by atoms with Crippen molar-refractivity contribution in [3.05, 3.63) is 22.7 Å². The first-order valence-corrected chi connectivity index (χ1v) is 8.27. The molecule has 2 N–H and O–H groups in total. The quantitative estimate of drug-likeness (QED) is 0.766. The number of rotatable bonds is 8. The fraction of sp³-hybridized carbons (Fsp3) is 0.467. The van der Waals surface area contributed by atoms with E-state index >= 15 is 0 Å². The van der Waals surface area contributed by atoms with Crippen LogP contribution in [0.2, 0.25) is 0 Å². The van der Waals surface area contributed by atoms with Gasteiger partial charge in [0.1, 0.15) is 6.04 Å². The number of nitrogens with one attached hydrogen (secondary N) is 1. The Morgan fingerprint density at radius 1 is 1.43 bits per heavy atom. The summed E-state index contributed by atoms with van der Waals surface area (Å²) in [5.41, 5.74) is 0.873. The number of hydrogen-bond donors (Lipinski definition) is 2. The van der Waals surface area contributed by atoms with E-state index in [0.717, 1.165) is 5.56 Å². The molecule has 2 aromatic heterocycles. The van der Waals surface area contributed by atoms with Crippen LogP contribution >= 0.6 is 11.3 Å². The first kappa shape index (κ1) is 17.1. The molecule has 1 unspecified atom stereocenters. The Morgan fingerprint density at radius 2 is 2.22 bits per heavy atom. The van der Waals surface area contributed by atoms with E-state index < -0.39 is 12.0 Å². The Bertz CT molecular complexity index is 651. The van der Waals surface area contributed by atoms with Crippen molar-refractivity contribution in [2.24, 2.45) is 5.92 Å². The third-order valence-corrected chi connectivity index (χ3v) is 3.84. The van der Waals surface area contributed by atoms with Crippen molar-refractivity contribution in [3.8, 4) is 11.4 Å². The SMILES string of the molecule is CC(C)CC(NC(=O)CCc1nc(-c2ccsc2)no1)C(=O)O. The van der Waals surface area contributed by atoms with Gasteiger partial charge in [-0.2, -0.15) is 16.3 Å². The summed E-state index contributed by atoms with van der Waals surface area (Å²) in [5, 5.41) is 19.3. The number of carbonyl (C=O) groups excluding carboxylic acids is 1. The smallest absolute Gasteiger partial charge is 0.326 e. The summed E-state index contributed by atoms with van der Waals surface area (Å²) in [5.74, 6) is -0.333. The lowest BCUT2D eigenvalue weighted by Crippen LogP contribution is -2.41. The summed E-state index contributed by atoms with van der Waals surface area (Å²) >= 11 is 1.53. The molecule has 0 aliphatic heterocycles. The maximum Gasteiger partial charge on any atom is 0.326 e. The minimum atomic E-state index is -1.02. The molecule has 2 aromatic rings. The highest BCUT2D eigenvalue weighted by Crippen LogP contribution is 2.19. The number of carboxylic acid groups (broad SMARTS) is 1. The number of nitrogens with zero attached hydrogens (tertiary/aromatic N) is 2. The summed E-state index contributed by atoms with van der Waals surface area (Å²) < 4.78 is 5.10. The second-order valence-corrected chi connectivity index (χ2v) is 6.39. The van der Waals surface area contributed by atoms with Crippen LogP contribution in [0.4, 0.5) is 0 Å². The fourth-order valence-corrected chi connectivity index (χ4v) is 2.68. The number of hydrogen-bond acceptors (Lipinski definition) is 6. The monoisotopic (exact) mass is 337 g/mol. The molecular formula is C15H19N3O4S. The lowest BCUT2D eigenvalue weighted by Gasteiger charge is -2.16. The van der Waals surface area contributed by atoms with Crippen LogP contribution in [0.25, 0.3) is 11.4 Å². The molecule has 0 aliphatic carbocycles. The molecule has 0 bridgehead atoms. The third-order valence-electron chi connectivity index (χ3n) is 3.15. The lowest BCUT2D eigenvalue weighted by atomic mass is 10.0. The van der Waals surface area contributed by atoms with Gasteiger partial charge >= 0.3 is 5.97 Å². The summed E-state index contributed by atoms with van der Waals surface area (Å²) in [6.07, 6.45) is 0.772. The normalized spacial score (nSPS) is 12.3. The lowest BCUT2D eigenvalue weighted by molar-refractivity contribution is -0.142. The molecule has 7 nitrogen and oxygen atoms in total. The Labute approximate surface area is 137 Å². The van der Waals surface area contributed by atoms with Crippen molar-refractivity contribution in [3.63, 3.8) is 0 Å². The van der Waals surface area contributed by atoms with Crippen LogP contribution < -0.4 is 5.32 Å². The van der Waals surface area contributed by atoms with Crippen LogP contribution in [0.1, 0.15) is 32.6 Å². The molecule has 124 valence electrons. The zero-order valence-corrected chi connectivity index (χ0v) is 13.8. The summed E-state index contributed by atoms with van der Waals surface area (Å²) in [6.45, 7) is 3.82. The van der Waals surface area contributed by atoms with E-state index in [1.165, 1.54) is 11.3 Å². The summed E-state index contributed by atoms with van der Waals surface area (Å²) in [6, 6.07) is 1.02. The number of amides is 1. The van der Waals surface area contributed by atoms with Gasteiger partial charge in [-0.3, -0.25) is 4.79 Å². The predicted molar refractivity (Wildman–Crippen MR) is 85.0 cm³/mol. The highest BCUT2D eigenvalue weighted by Gasteiger charge is 2.21. The molecule has 1 amide bonds. The minimum Gasteiger partial charge on any atom is -0.480 e. The van der Waals surface area contributed by atoms with Crippen molar-refractivity contribution >= 4 is 23.2 Å². The molecule has 2 rings (SSSR count). The Morgan fingerprint density at radius 3 is 2.83 bits per heavy atom. The number of aromatic nitrogens is 2. The molecule has 0 aromatic carbocycles. The van der Waals surface area contributed by atoms with Crippen molar-refractivity contribution in [2.75, 3.05) is 0 Å². The van der Waals surface area contributed by atoms with Gasteiger partial charge in [0.15, 0.2) is 0 Å². The van der Waals surface area contributed by atoms with E-state index in [2.05, 4.69) is 15.5 Å². The van der Waals surface area contributed by atoms with Crippen LogP contribution in [0, 0.1) is 5.92 Å². The molecule has 0 fully saturated rings. The first-order valence-electron chi connectivity index (χ1n) is 7.33. The summed E-state index contributed by atoms with van der Waals surface area (Å²) in [7, 11) is 0. The molecule has 8 heteroatoms. The Balaban J connectivity index is 1.85. The van der Waals surface area contributed by atoms with E-state index in [1.807, 2.05) is 30.7 Å². The van der Waals surface area contributed by atoms with Crippen molar-refractivity contribution < 1.29 is 19.2 Å². The minimum absolute atomic E-state index is 0.104. The average Bonchev–Trinajstić information content (AvgIpc) is 3.14. The number of aliphatic carboxylic acids is 1. The van der Waals surface area contributed by atoms with Gasteiger partial charge < -0.3 is 14.9 Å². The predicted octanol–water partition coefficient (Wildman–Crippen LogP) is 2.35. The zero-order valence-electron chi connectivity index (χ0n) is 13.0. The second-order valence-electron chi connectivity index (χ2n) is 5.61. The molecule has 0 aliphatic rings. The van der Waals surface area contributed by atoms with Gasteiger partial charge in [-0.05, 0) is 23.8 Å². The number of carboxylic acids is 1. The van der Waals surface area contributed by atoms with E-state index in [9.17, 15) is 9.59 Å². The standard InChI is InChI=1S/C15H19N3O4S/c1-9(2)7-11(15(20)21)16-12(19)3-4-13-17-14(18-22-13)10-5-6-23-8-10/h5-6,8-9,11H,3-4,7H2,1-2H3,(H,16,19)(H,20,21). The van der Waals surface area contributed by atoms with Crippen molar-refractivity contribution in [1.29, 1.82) is 0 Å². The molecule has 0 saturated heterocycles. The maximum atomic E-state index is 11.9. The van der Waals surface area contributed by atoms with E-state index in [-0.39, 0.29) is 24.7 Å². The number of carbonyl (C=O) groups is 2. The van der Waals surface area contributed by atoms with Crippen molar-refractivity contribution in [2.45, 2.75) is 39.2 Å². The van der Waals surface area contributed by atoms with Crippen LogP contribution in [0.3, 0.4) is 0 Å². The number of aryl methyl sites for hydroxylation is 1. The van der Waals surface area contributed by atoms with Gasteiger partial charge in [0.05, 0.1) is 0 Å². The van der Waals surface area contributed by atoms with Crippen LogP contribution in [-0.2, 0) is 16.0 Å². The van der Waals surface area contributed by atoms with E-state index in [4.69, 9.17) is 9.63 Å². The molecule has 0 radical (unpaired) electrons. The van der Waals surface area contributed by atoms with E-state index in [1.54, 1.807) is 0 Å². The average molecular weight is 337 g/mol. The third kappa shape index (κ3) is 5.17. The van der Waals surface area contributed by atoms with Gasteiger partial charge in [-0.1, -0.05) is 19.0 Å². The van der Waals surface area contributed by atoms with Crippen molar-refractivity contribution in [1.82, 2.24) is 15.5 Å². The zero-order chi connectivity index (χ0) is 16.8. The van der Waals surface area contributed by atoms with Crippen LogP contribution in [0.15, 0.2) is 21.3 Å². The Hall–Kier alpha value is -2.22. The molecule has 0 saturated carbocycles. The highest BCUT2D eigenvalue weighted by atomic mass is 32.1. The topological polar surface area (TPSA) is 105 Å². The van der Waals surface area contributed by atoms with Gasteiger partial charge in [-0.15, -0.1) is 0 Å². The molecule has 23 heavy (non-hydrogen) atoms.